The number of halogens is 3. The first-order valence-corrected chi connectivity index (χ1v) is 5.49. The number of amides is 2. The molecule has 1 atom stereocenters. The molecule has 0 spiro atoms. The van der Waals surface area contributed by atoms with Gasteiger partial charge in [0, 0.05) is 13.1 Å². The summed E-state index contributed by atoms with van der Waals surface area (Å²) in [5.74, 6) is -0.736. The smallest absolute Gasteiger partial charge is 0.305 e. The number of nitrogens with zero attached hydrogens (tertiary/aromatic N) is 1. The van der Waals surface area contributed by atoms with Crippen molar-refractivity contribution < 1.29 is 22.8 Å². The first-order valence-electron chi connectivity index (χ1n) is 5.49. The van der Waals surface area contributed by atoms with Crippen molar-refractivity contribution in [2.75, 3.05) is 13.1 Å². The summed E-state index contributed by atoms with van der Waals surface area (Å²) >= 11 is 0. The van der Waals surface area contributed by atoms with Crippen molar-refractivity contribution in [1.29, 1.82) is 0 Å². The third kappa shape index (κ3) is 3.99. The van der Waals surface area contributed by atoms with Crippen LogP contribution in [-0.2, 0) is 9.59 Å². The Kier molecular flexibility index (Phi) is 4.50. The number of rotatable bonds is 5. The summed E-state index contributed by atoms with van der Waals surface area (Å²) in [5.41, 5.74) is 0. The van der Waals surface area contributed by atoms with Crippen molar-refractivity contribution in [3.05, 3.63) is 0 Å². The van der Waals surface area contributed by atoms with Gasteiger partial charge in [-0.15, -0.1) is 0 Å². The third-order valence-electron chi connectivity index (χ3n) is 2.49. The lowest BCUT2D eigenvalue weighted by Gasteiger charge is -2.14. The number of imide groups is 1. The van der Waals surface area contributed by atoms with Crippen molar-refractivity contribution in [2.45, 2.75) is 38.4 Å². The first-order chi connectivity index (χ1) is 7.85. The van der Waals surface area contributed by atoms with Gasteiger partial charge in [-0.1, -0.05) is 6.92 Å². The molecule has 17 heavy (non-hydrogen) atoms. The highest BCUT2D eigenvalue weighted by atomic mass is 19.4. The zero-order valence-electron chi connectivity index (χ0n) is 9.51. The SMILES string of the molecule is CCCN1C(=O)CC(NCCC(F)(F)F)C1=O. The molecule has 0 aromatic rings. The van der Waals surface area contributed by atoms with Crippen LogP contribution in [0, 0.1) is 0 Å². The quantitative estimate of drug-likeness (QED) is 0.744. The van der Waals surface area contributed by atoms with Crippen LogP contribution in [0.2, 0.25) is 0 Å². The molecule has 0 saturated carbocycles. The van der Waals surface area contributed by atoms with Crippen LogP contribution in [0.5, 0.6) is 0 Å². The van der Waals surface area contributed by atoms with Gasteiger partial charge in [0.05, 0.1) is 18.9 Å². The zero-order chi connectivity index (χ0) is 13.1. The van der Waals surface area contributed by atoms with Gasteiger partial charge in [0.25, 0.3) is 0 Å². The number of alkyl halides is 3. The summed E-state index contributed by atoms with van der Waals surface area (Å²) in [6, 6.07) is -0.795. The molecular weight excluding hydrogens is 237 g/mol. The van der Waals surface area contributed by atoms with Crippen LogP contribution < -0.4 is 5.32 Å². The number of hydrogen-bond donors (Lipinski definition) is 1. The van der Waals surface area contributed by atoms with E-state index < -0.39 is 24.5 Å². The maximum absolute atomic E-state index is 11.9. The maximum Gasteiger partial charge on any atom is 0.390 e. The van der Waals surface area contributed by atoms with Crippen LogP contribution >= 0.6 is 0 Å². The highest BCUT2D eigenvalue weighted by molar-refractivity contribution is 6.05. The Labute approximate surface area is 97.1 Å². The normalized spacial score (nSPS) is 21.4. The molecule has 0 aromatic carbocycles. The number of carbonyl (C=O) groups is 2. The van der Waals surface area contributed by atoms with Crippen molar-refractivity contribution in [1.82, 2.24) is 10.2 Å². The summed E-state index contributed by atoms with van der Waals surface area (Å²) in [4.78, 5) is 24.1. The minimum absolute atomic E-state index is 0.0449. The molecule has 0 radical (unpaired) electrons. The van der Waals surface area contributed by atoms with Gasteiger partial charge in [-0.25, -0.2) is 0 Å². The Bertz CT molecular complexity index is 304. The molecule has 1 fully saturated rings. The molecule has 7 heteroatoms. The highest BCUT2D eigenvalue weighted by Crippen LogP contribution is 2.19. The van der Waals surface area contributed by atoms with Crippen LogP contribution in [0.4, 0.5) is 13.2 Å². The van der Waals surface area contributed by atoms with E-state index in [1.165, 1.54) is 0 Å². The van der Waals surface area contributed by atoms with Crippen molar-refractivity contribution in [3.8, 4) is 0 Å². The van der Waals surface area contributed by atoms with E-state index in [-0.39, 0.29) is 18.9 Å². The molecule has 1 aliphatic rings. The summed E-state index contributed by atoms with van der Waals surface area (Å²) < 4.78 is 35.7. The second-order valence-electron chi connectivity index (χ2n) is 3.96. The molecule has 1 unspecified atom stereocenters. The van der Waals surface area contributed by atoms with E-state index in [1.54, 1.807) is 0 Å². The Morgan fingerprint density at radius 3 is 2.59 bits per heavy atom. The minimum atomic E-state index is -4.25. The molecule has 98 valence electrons. The van der Waals surface area contributed by atoms with Crippen molar-refractivity contribution >= 4 is 11.8 Å². The fraction of sp³-hybridized carbons (Fsp3) is 0.800. The molecular formula is C10H15F3N2O2. The van der Waals surface area contributed by atoms with E-state index in [1.807, 2.05) is 6.92 Å². The van der Waals surface area contributed by atoms with Gasteiger partial charge in [0.2, 0.25) is 11.8 Å². The second kappa shape index (κ2) is 5.48. The molecule has 1 heterocycles. The van der Waals surface area contributed by atoms with Gasteiger partial charge in [-0.2, -0.15) is 13.2 Å². The van der Waals surface area contributed by atoms with E-state index >= 15 is 0 Å². The topological polar surface area (TPSA) is 49.4 Å². The summed E-state index contributed by atoms with van der Waals surface area (Å²) in [5, 5.41) is 2.47. The van der Waals surface area contributed by atoms with Gasteiger partial charge < -0.3 is 5.32 Å². The predicted molar refractivity (Wildman–Crippen MR) is 54.1 cm³/mol. The molecule has 4 nitrogen and oxygen atoms in total. The number of nitrogens with one attached hydrogen (secondary N) is 1. The summed E-state index contributed by atoms with van der Waals surface area (Å²) in [6.45, 7) is 1.81. The maximum atomic E-state index is 11.9. The lowest BCUT2D eigenvalue weighted by Crippen LogP contribution is -2.40. The number of hydrogen-bond acceptors (Lipinski definition) is 3. The van der Waals surface area contributed by atoms with E-state index in [4.69, 9.17) is 0 Å². The monoisotopic (exact) mass is 252 g/mol. The van der Waals surface area contributed by atoms with Crippen LogP contribution in [0.3, 0.4) is 0 Å². The lowest BCUT2D eigenvalue weighted by molar-refractivity contribution is -0.140. The minimum Gasteiger partial charge on any atom is -0.305 e. The van der Waals surface area contributed by atoms with E-state index in [0.717, 1.165) is 4.90 Å². The van der Waals surface area contributed by atoms with Crippen LogP contribution in [0.1, 0.15) is 26.2 Å². The van der Waals surface area contributed by atoms with Crippen molar-refractivity contribution in [2.24, 2.45) is 0 Å². The van der Waals surface area contributed by atoms with E-state index in [9.17, 15) is 22.8 Å². The van der Waals surface area contributed by atoms with E-state index in [0.29, 0.717) is 13.0 Å². The second-order valence-corrected chi connectivity index (χ2v) is 3.96. The molecule has 1 rings (SSSR count). The average molecular weight is 252 g/mol. The fourth-order valence-electron chi connectivity index (χ4n) is 1.69. The van der Waals surface area contributed by atoms with Crippen LogP contribution in [-0.4, -0.2) is 42.0 Å². The fourth-order valence-corrected chi connectivity index (χ4v) is 1.69. The molecule has 1 aliphatic heterocycles. The Balaban J connectivity index is 2.41. The lowest BCUT2D eigenvalue weighted by atomic mass is 10.2. The Morgan fingerprint density at radius 2 is 2.06 bits per heavy atom. The summed E-state index contributed by atoms with van der Waals surface area (Å²) in [6.07, 6.45) is -4.65. The third-order valence-corrected chi connectivity index (χ3v) is 2.49. The molecule has 0 aromatic heterocycles. The van der Waals surface area contributed by atoms with Crippen LogP contribution in [0.15, 0.2) is 0 Å². The standard InChI is InChI=1S/C10H15F3N2O2/c1-2-5-15-8(16)6-7(9(15)17)14-4-3-10(11,12)13/h7,14H,2-6H2,1H3. The van der Waals surface area contributed by atoms with Gasteiger partial charge in [-0.05, 0) is 6.42 Å². The molecule has 0 aliphatic carbocycles. The molecule has 1 N–H and O–H groups in total. The Morgan fingerprint density at radius 1 is 1.41 bits per heavy atom. The molecule has 0 bridgehead atoms. The van der Waals surface area contributed by atoms with Gasteiger partial charge in [-0.3, -0.25) is 14.5 Å². The van der Waals surface area contributed by atoms with Crippen LogP contribution in [0.25, 0.3) is 0 Å². The Hall–Kier alpha value is -1.11. The van der Waals surface area contributed by atoms with Gasteiger partial charge in [0.1, 0.15) is 0 Å². The highest BCUT2D eigenvalue weighted by Gasteiger charge is 2.38. The first kappa shape index (κ1) is 14.0. The zero-order valence-corrected chi connectivity index (χ0v) is 9.51. The van der Waals surface area contributed by atoms with Crippen molar-refractivity contribution in [3.63, 3.8) is 0 Å². The number of likely N-dealkylation sites (tertiary alicyclic amines) is 1. The van der Waals surface area contributed by atoms with Gasteiger partial charge in [0.15, 0.2) is 0 Å². The molecule has 2 amide bonds. The van der Waals surface area contributed by atoms with E-state index in [2.05, 4.69) is 5.32 Å². The van der Waals surface area contributed by atoms with Gasteiger partial charge >= 0.3 is 6.18 Å². The average Bonchev–Trinajstić information content (AvgIpc) is 2.45. The largest absolute Gasteiger partial charge is 0.390 e. The predicted octanol–water partition coefficient (Wildman–Crippen LogP) is 1.07. The molecule has 1 saturated heterocycles. The number of carbonyl (C=O) groups excluding carboxylic acids is 2. The summed E-state index contributed by atoms with van der Waals surface area (Å²) in [7, 11) is 0.